The summed E-state index contributed by atoms with van der Waals surface area (Å²) < 4.78 is 5.41. The average Bonchev–Trinajstić information content (AvgIpc) is 1.99. The van der Waals surface area contributed by atoms with Crippen LogP contribution >= 0.6 is 0 Å². The highest BCUT2D eigenvalue weighted by atomic mass is 16.5. The maximum Gasteiger partial charge on any atom is 0.307 e. The molecule has 0 radical (unpaired) electrons. The van der Waals surface area contributed by atoms with Gasteiger partial charge in [0.2, 0.25) is 0 Å². The first-order valence-electron chi connectivity index (χ1n) is 5.55. The van der Waals surface area contributed by atoms with E-state index >= 15 is 0 Å². The summed E-state index contributed by atoms with van der Waals surface area (Å²) in [6.45, 7) is 11.3. The number of carboxylic acid groups (broad SMARTS) is 1. The molecule has 0 amide bonds. The molecule has 0 spiro atoms. The molecule has 0 aromatic carbocycles. The van der Waals surface area contributed by atoms with E-state index in [9.17, 15) is 4.79 Å². The van der Waals surface area contributed by atoms with Gasteiger partial charge in [-0.15, -0.1) is 0 Å². The van der Waals surface area contributed by atoms with Crippen molar-refractivity contribution in [2.45, 2.75) is 41.0 Å². The molecule has 1 unspecified atom stereocenters. The zero-order valence-corrected chi connectivity index (χ0v) is 10.5. The molecule has 0 bridgehead atoms. The Morgan fingerprint density at radius 3 is 2.20 bits per heavy atom. The molecule has 90 valence electrons. The summed E-state index contributed by atoms with van der Waals surface area (Å²) in [5, 5.41) is 9.06. The number of hydrogen-bond acceptors (Lipinski definition) is 2. The first kappa shape index (κ1) is 14.4. The maximum atomic E-state index is 11.0. The van der Waals surface area contributed by atoms with E-state index < -0.39 is 5.97 Å². The fourth-order valence-corrected chi connectivity index (χ4v) is 1.45. The average molecular weight is 216 g/mol. The van der Waals surface area contributed by atoms with E-state index in [1.807, 2.05) is 20.8 Å². The lowest BCUT2D eigenvalue weighted by Crippen LogP contribution is -2.29. The highest BCUT2D eigenvalue weighted by Gasteiger charge is 2.30. The standard InChI is InChI=1S/C12H24O3/c1-9(2)8-15-7-6-10(11(13)14)12(3,4)5/h9-10H,6-8H2,1-5H3,(H,13,14). The number of carbonyl (C=O) groups is 1. The molecule has 0 aromatic rings. The zero-order valence-electron chi connectivity index (χ0n) is 10.5. The van der Waals surface area contributed by atoms with E-state index in [0.29, 0.717) is 25.6 Å². The SMILES string of the molecule is CC(C)COCCC(C(=O)O)C(C)(C)C. The second kappa shape index (κ2) is 6.11. The molecule has 0 saturated heterocycles. The van der Waals surface area contributed by atoms with Crippen molar-refractivity contribution < 1.29 is 14.6 Å². The summed E-state index contributed by atoms with van der Waals surface area (Å²) >= 11 is 0. The summed E-state index contributed by atoms with van der Waals surface area (Å²) in [4.78, 5) is 11.0. The van der Waals surface area contributed by atoms with Crippen LogP contribution in [0.5, 0.6) is 0 Å². The Morgan fingerprint density at radius 1 is 1.33 bits per heavy atom. The molecule has 0 saturated carbocycles. The van der Waals surface area contributed by atoms with Crippen LogP contribution in [0.3, 0.4) is 0 Å². The lowest BCUT2D eigenvalue weighted by molar-refractivity contribution is -0.146. The number of ether oxygens (including phenoxy) is 1. The fourth-order valence-electron chi connectivity index (χ4n) is 1.45. The third kappa shape index (κ3) is 6.50. The topological polar surface area (TPSA) is 46.5 Å². The maximum absolute atomic E-state index is 11.0. The molecule has 3 nitrogen and oxygen atoms in total. The molecule has 3 heteroatoms. The van der Waals surface area contributed by atoms with Crippen LogP contribution in [0.4, 0.5) is 0 Å². The van der Waals surface area contributed by atoms with E-state index in [4.69, 9.17) is 9.84 Å². The van der Waals surface area contributed by atoms with E-state index in [-0.39, 0.29) is 11.3 Å². The first-order chi connectivity index (χ1) is 6.75. The Bertz CT molecular complexity index is 192. The Hall–Kier alpha value is -0.570. The van der Waals surface area contributed by atoms with Crippen molar-refractivity contribution >= 4 is 5.97 Å². The van der Waals surface area contributed by atoms with Gasteiger partial charge in [-0.25, -0.2) is 0 Å². The number of hydrogen-bond donors (Lipinski definition) is 1. The van der Waals surface area contributed by atoms with Gasteiger partial charge < -0.3 is 9.84 Å². The number of carboxylic acids is 1. The van der Waals surface area contributed by atoms with E-state index in [0.717, 1.165) is 0 Å². The molecule has 0 aromatic heterocycles. The van der Waals surface area contributed by atoms with Crippen LogP contribution < -0.4 is 0 Å². The van der Waals surface area contributed by atoms with Gasteiger partial charge in [0, 0.05) is 13.2 Å². The first-order valence-corrected chi connectivity index (χ1v) is 5.55. The van der Waals surface area contributed by atoms with Crippen LogP contribution in [0.2, 0.25) is 0 Å². The highest BCUT2D eigenvalue weighted by molar-refractivity contribution is 5.70. The normalized spacial score (nSPS) is 14.3. The van der Waals surface area contributed by atoms with Crippen molar-refractivity contribution in [2.24, 2.45) is 17.3 Å². The molecule has 0 aliphatic rings. The van der Waals surface area contributed by atoms with Crippen molar-refractivity contribution in [3.63, 3.8) is 0 Å². The lowest BCUT2D eigenvalue weighted by Gasteiger charge is -2.26. The van der Waals surface area contributed by atoms with Crippen LogP contribution in [0, 0.1) is 17.3 Å². The van der Waals surface area contributed by atoms with Gasteiger partial charge in [-0.05, 0) is 17.8 Å². The molecule has 0 rings (SSSR count). The van der Waals surface area contributed by atoms with Crippen LogP contribution in [-0.2, 0) is 9.53 Å². The molecular weight excluding hydrogens is 192 g/mol. The third-order valence-electron chi connectivity index (χ3n) is 2.35. The molecule has 0 fully saturated rings. The Labute approximate surface area is 92.8 Å². The van der Waals surface area contributed by atoms with Gasteiger partial charge in [-0.2, -0.15) is 0 Å². The Balaban J connectivity index is 3.94. The van der Waals surface area contributed by atoms with Crippen molar-refractivity contribution in [3.8, 4) is 0 Å². The summed E-state index contributed by atoms with van der Waals surface area (Å²) in [6.07, 6.45) is 0.589. The van der Waals surface area contributed by atoms with Crippen molar-refractivity contribution in [2.75, 3.05) is 13.2 Å². The lowest BCUT2D eigenvalue weighted by atomic mass is 9.79. The molecule has 0 heterocycles. The van der Waals surface area contributed by atoms with Gasteiger partial charge in [0.1, 0.15) is 0 Å². The second-order valence-electron chi connectivity index (χ2n) is 5.51. The fraction of sp³-hybridized carbons (Fsp3) is 0.917. The van der Waals surface area contributed by atoms with Gasteiger partial charge in [-0.3, -0.25) is 4.79 Å². The van der Waals surface area contributed by atoms with Crippen molar-refractivity contribution in [1.29, 1.82) is 0 Å². The van der Waals surface area contributed by atoms with Gasteiger partial charge in [-0.1, -0.05) is 34.6 Å². The minimum absolute atomic E-state index is 0.201. The number of aliphatic carboxylic acids is 1. The number of rotatable bonds is 6. The molecule has 0 aliphatic heterocycles. The van der Waals surface area contributed by atoms with Crippen molar-refractivity contribution in [3.05, 3.63) is 0 Å². The molecule has 15 heavy (non-hydrogen) atoms. The summed E-state index contributed by atoms with van der Waals surface area (Å²) in [5.41, 5.74) is -0.201. The molecule has 0 aliphatic carbocycles. The summed E-state index contributed by atoms with van der Waals surface area (Å²) in [7, 11) is 0. The predicted octanol–water partition coefficient (Wildman–Crippen LogP) is 2.80. The minimum Gasteiger partial charge on any atom is -0.481 e. The van der Waals surface area contributed by atoms with Gasteiger partial charge >= 0.3 is 5.97 Å². The van der Waals surface area contributed by atoms with Gasteiger partial charge in [0.25, 0.3) is 0 Å². The largest absolute Gasteiger partial charge is 0.481 e. The van der Waals surface area contributed by atoms with E-state index in [1.54, 1.807) is 0 Å². The van der Waals surface area contributed by atoms with E-state index in [1.165, 1.54) is 0 Å². The van der Waals surface area contributed by atoms with Crippen molar-refractivity contribution in [1.82, 2.24) is 0 Å². The second-order valence-corrected chi connectivity index (χ2v) is 5.51. The molecular formula is C12H24O3. The molecule has 1 N–H and O–H groups in total. The quantitative estimate of drug-likeness (QED) is 0.694. The predicted molar refractivity (Wildman–Crippen MR) is 60.9 cm³/mol. The van der Waals surface area contributed by atoms with Crippen LogP contribution in [0.15, 0.2) is 0 Å². The van der Waals surface area contributed by atoms with Crippen LogP contribution in [0.25, 0.3) is 0 Å². The smallest absolute Gasteiger partial charge is 0.307 e. The Morgan fingerprint density at radius 2 is 1.87 bits per heavy atom. The van der Waals surface area contributed by atoms with Gasteiger partial charge in [0.15, 0.2) is 0 Å². The summed E-state index contributed by atoms with van der Waals surface area (Å²) in [5.74, 6) is -0.553. The zero-order chi connectivity index (χ0) is 12.1. The van der Waals surface area contributed by atoms with Crippen LogP contribution in [0.1, 0.15) is 41.0 Å². The summed E-state index contributed by atoms with van der Waals surface area (Å²) in [6, 6.07) is 0. The highest BCUT2D eigenvalue weighted by Crippen LogP contribution is 2.28. The van der Waals surface area contributed by atoms with Crippen LogP contribution in [-0.4, -0.2) is 24.3 Å². The molecule has 1 atom stereocenters. The third-order valence-corrected chi connectivity index (χ3v) is 2.35. The Kier molecular flexibility index (Phi) is 5.88. The monoisotopic (exact) mass is 216 g/mol. The minimum atomic E-state index is -0.726. The van der Waals surface area contributed by atoms with E-state index in [2.05, 4.69) is 13.8 Å². The van der Waals surface area contributed by atoms with Gasteiger partial charge in [0.05, 0.1) is 5.92 Å².